The van der Waals surface area contributed by atoms with Crippen molar-refractivity contribution in [3.05, 3.63) is 29.8 Å². The number of nitrogen functional groups attached to an aromatic ring is 1. The molecule has 2 N–H and O–H groups in total. The van der Waals surface area contributed by atoms with Crippen molar-refractivity contribution in [2.75, 3.05) is 18.9 Å². The summed E-state index contributed by atoms with van der Waals surface area (Å²) in [5, 5.41) is 0. The van der Waals surface area contributed by atoms with Gasteiger partial charge in [-0.15, -0.1) is 0 Å². The summed E-state index contributed by atoms with van der Waals surface area (Å²) in [6.45, 7) is 5.49. The van der Waals surface area contributed by atoms with Gasteiger partial charge in [-0.2, -0.15) is 0 Å². The van der Waals surface area contributed by atoms with Crippen molar-refractivity contribution in [1.29, 1.82) is 0 Å². The second-order valence-corrected chi connectivity index (χ2v) is 4.30. The molecular formula is C11H18NO3P. The highest BCUT2D eigenvalue weighted by atomic mass is 31.2. The number of nitrogens with two attached hydrogens (primary N) is 1. The first kappa shape index (κ1) is 13.4. The van der Waals surface area contributed by atoms with Crippen molar-refractivity contribution in [3.63, 3.8) is 0 Å². The minimum atomic E-state index is -1.22. The van der Waals surface area contributed by atoms with E-state index in [1.54, 1.807) is 0 Å². The first-order chi connectivity index (χ1) is 7.76. The van der Waals surface area contributed by atoms with Gasteiger partial charge in [0.05, 0.1) is 19.8 Å². The van der Waals surface area contributed by atoms with Crippen LogP contribution < -0.4 is 5.73 Å². The zero-order chi connectivity index (χ0) is 11.8. The average molecular weight is 243 g/mol. The molecule has 5 heteroatoms. The zero-order valence-corrected chi connectivity index (χ0v) is 10.6. The molecule has 1 rings (SSSR count). The van der Waals surface area contributed by atoms with Gasteiger partial charge >= 0.3 is 8.60 Å². The van der Waals surface area contributed by atoms with Crippen molar-refractivity contribution < 1.29 is 13.6 Å². The van der Waals surface area contributed by atoms with Gasteiger partial charge < -0.3 is 19.3 Å². The van der Waals surface area contributed by atoms with Crippen molar-refractivity contribution >= 4 is 14.3 Å². The van der Waals surface area contributed by atoms with Gasteiger partial charge in [0.25, 0.3) is 0 Å². The predicted molar refractivity (Wildman–Crippen MR) is 65.8 cm³/mol. The van der Waals surface area contributed by atoms with Crippen LogP contribution in [0, 0.1) is 0 Å². The zero-order valence-electron chi connectivity index (χ0n) is 9.68. The molecule has 0 bridgehead atoms. The van der Waals surface area contributed by atoms with Crippen molar-refractivity contribution in [1.82, 2.24) is 0 Å². The molecule has 0 fully saturated rings. The lowest BCUT2D eigenvalue weighted by Gasteiger charge is -2.14. The molecule has 0 saturated carbocycles. The minimum Gasteiger partial charge on any atom is -0.399 e. The first-order valence-electron chi connectivity index (χ1n) is 5.29. The fourth-order valence-corrected chi connectivity index (χ4v) is 1.96. The van der Waals surface area contributed by atoms with Crippen LogP contribution >= 0.6 is 8.60 Å². The summed E-state index contributed by atoms with van der Waals surface area (Å²) in [4.78, 5) is 0. The van der Waals surface area contributed by atoms with Gasteiger partial charge in [-0.05, 0) is 31.5 Å². The van der Waals surface area contributed by atoms with Crippen LogP contribution in [0.2, 0.25) is 0 Å². The minimum absolute atomic E-state index is 0.478. The lowest BCUT2D eigenvalue weighted by Crippen LogP contribution is -1.96. The van der Waals surface area contributed by atoms with Crippen LogP contribution in [-0.2, 0) is 20.2 Å². The normalized spacial score (nSPS) is 10.9. The molecule has 16 heavy (non-hydrogen) atoms. The van der Waals surface area contributed by atoms with Crippen LogP contribution in [0.15, 0.2) is 24.3 Å². The molecule has 0 unspecified atom stereocenters. The summed E-state index contributed by atoms with van der Waals surface area (Å²) in [6, 6.07) is 7.56. The van der Waals surface area contributed by atoms with Crippen molar-refractivity contribution in [2.24, 2.45) is 0 Å². The van der Waals surface area contributed by atoms with E-state index in [9.17, 15) is 0 Å². The van der Waals surface area contributed by atoms with Crippen LogP contribution in [0.25, 0.3) is 0 Å². The summed E-state index contributed by atoms with van der Waals surface area (Å²) in [6.07, 6.45) is 0. The molecule has 0 saturated heterocycles. The number of benzene rings is 1. The fourth-order valence-electron chi connectivity index (χ4n) is 1.06. The summed E-state index contributed by atoms with van der Waals surface area (Å²) in [5.41, 5.74) is 7.40. The van der Waals surface area contributed by atoms with E-state index in [1.165, 1.54) is 0 Å². The molecule has 0 aliphatic rings. The molecule has 90 valence electrons. The maximum Gasteiger partial charge on any atom is 0.332 e. The molecule has 0 heterocycles. The van der Waals surface area contributed by atoms with Gasteiger partial charge in [0.2, 0.25) is 0 Å². The lowest BCUT2D eigenvalue weighted by atomic mass is 10.2. The van der Waals surface area contributed by atoms with E-state index in [4.69, 9.17) is 19.3 Å². The molecular weight excluding hydrogens is 225 g/mol. The summed E-state index contributed by atoms with van der Waals surface area (Å²) in [5.74, 6) is 0. The highest BCUT2D eigenvalue weighted by Crippen LogP contribution is 2.40. The van der Waals surface area contributed by atoms with Gasteiger partial charge in [-0.25, -0.2) is 0 Å². The van der Waals surface area contributed by atoms with E-state index in [0.717, 1.165) is 11.3 Å². The Morgan fingerprint density at radius 1 is 1.00 bits per heavy atom. The SMILES string of the molecule is CCOP(OCC)OCc1ccc(N)cc1. The van der Waals surface area contributed by atoms with Crippen LogP contribution in [0.1, 0.15) is 19.4 Å². The molecule has 0 amide bonds. The third-order valence-electron chi connectivity index (χ3n) is 1.79. The van der Waals surface area contributed by atoms with Crippen molar-refractivity contribution in [2.45, 2.75) is 20.5 Å². The van der Waals surface area contributed by atoms with Crippen LogP contribution in [0.3, 0.4) is 0 Å². The van der Waals surface area contributed by atoms with Gasteiger partial charge in [0.15, 0.2) is 0 Å². The monoisotopic (exact) mass is 243 g/mol. The van der Waals surface area contributed by atoms with E-state index >= 15 is 0 Å². The molecule has 0 aliphatic carbocycles. The second-order valence-electron chi connectivity index (χ2n) is 3.07. The molecule has 0 aliphatic heterocycles. The number of hydrogen-bond acceptors (Lipinski definition) is 4. The maximum absolute atomic E-state index is 5.59. The molecule has 1 aromatic rings. The number of rotatable bonds is 7. The maximum atomic E-state index is 5.59. The van der Waals surface area contributed by atoms with E-state index in [0.29, 0.717) is 19.8 Å². The van der Waals surface area contributed by atoms with Gasteiger partial charge in [0.1, 0.15) is 0 Å². The second kappa shape index (κ2) is 7.58. The molecule has 1 aromatic carbocycles. The third-order valence-corrected chi connectivity index (χ3v) is 3.06. The number of anilines is 1. The topological polar surface area (TPSA) is 53.7 Å². The summed E-state index contributed by atoms with van der Waals surface area (Å²) < 4.78 is 16.2. The van der Waals surface area contributed by atoms with Crippen LogP contribution in [0.4, 0.5) is 5.69 Å². The fraction of sp³-hybridized carbons (Fsp3) is 0.455. The number of hydrogen-bond donors (Lipinski definition) is 1. The predicted octanol–water partition coefficient (Wildman–Crippen LogP) is 3.09. The Labute approximate surface area is 97.7 Å². The van der Waals surface area contributed by atoms with Crippen molar-refractivity contribution in [3.8, 4) is 0 Å². The molecule has 0 radical (unpaired) electrons. The van der Waals surface area contributed by atoms with Gasteiger partial charge in [-0.1, -0.05) is 12.1 Å². The molecule has 4 nitrogen and oxygen atoms in total. The Hall–Kier alpha value is -0.670. The Balaban J connectivity index is 2.38. The Bertz CT molecular complexity index is 286. The lowest BCUT2D eigenvalue weighted by molar-refractivity contribution is 0.164. The van der Waals surface area contributed by atoms with Gasteiger partial charge in [0, 0.05) is 5.69 Å². The quantitative estimate of drug-likeness (QED) is 0.590. The highest BCUT2D eigenvalue weighted by molar-refractivity contribution is 7.41. The highest BCUT2D eigenvalue weighted by Gasteiger charge is 2.10. The summed E-state index contributed by atoms with van der Waals surface area (Å²) in [7, 11) is -1.22. The third kappa shape index (κ3) is 4.90. The largest absolute Gasteiger partial charge is 0.399 e. The standard InChI is InChI=1S/C11H18NO3P/c1-3-13-16(14-4-2)15-9-10-5-7-11(12)8-6-10/h5-8H,3-4,9,12H2,1-2H3. The van der Waals surface area contributed by atoms with Gasteiger partial charge in [-0.3, -0.25) is 0 Å². The molecule has 0 atom stereocenters. The Morgan fingerprint density at radius 2 is 1.56 bits per heavy atom. The van der Waals surface area contributed by atoms with E-state index < -0.39 is 8.60 Å². The summed E-state index contributed by atoms with van der Waals surface area (Å²) >= 11 is 0. The molecule has 0 aromatic heterocycles. The smallest absolute Gasteiger partial charge is 0.332 e. The van der Waals surface area contributed by atoms with Crippen LogP contribution in [-0.4, -0.2) is 13.2 Å². The van der Waals surface area contributed by atoms with E-state index in [2.05, 4.69) is 0 Å². The Morgan fingerprint density at radius 3 is 2.06 bits per heavy atom. The molecule has 0 spiro atoms. The van der Waals surface area contributed by atoms with E-state index in [-0.39, 0.29) is 0 Å². The first-order valence-corrected chi connectivity index (χ1v) is 6.39. The van der Waals surface area contributed by atoms with Crippen LogP contribution in [0.5, 0.6) is 0 Å². The van der Waals surface area contributed by atoms with E-state index in [1.807, 2.05) is 38.1 Å². The Kier molecular flexibility index (Phi) is 6.34. The average Bonchev–Trinajstić information content (AvgIpc) is 2.29.